The molecule has 5 nitrogen and oxygen atoms in total. The fraction of sp³-hybridized carbons (Fsp3) is 0.0667. The average molecular weight is 340 g/mol. The molecule has 0 aliphatic carbocycles. The van der Waals surface area contributed by atoms with Gasteiger partial charge in [-0.05, 0) is 30.3 Å². The first kappa shape index (κ1) is 16.1. The van der Waals surface area contributed by atoms with Crippen LogP contribution in [-0.4, -0.2) is 23.6 Å². The number of amides is 1. The van der Waals surface area contributed by atoms with Gasteiger partial charge < -0.3 is 15.2 Å². The maximum absolute atomic E-state index is 11.8. The molecule has 114 valence electrons. The third-order valence-electron chi connectivity index (χ3n) is 2.66. The predicted octanol–water partition coefficient (Wildman–Crippen LogP) is 3.49. The van der Waals surface area contributed by atoms with Gasteiger partial charge in [-0.3, -0.25) is 4.79 Å². The Morgan fingerprint density at radius 2 is 1.86 bits per heavy atom. The van der Waals surface area contributed by atoms with Crippen molar-refractivity contribution in [2.75, 3.05) is 11.9 Å². The molecule has 0 fully saturated rings. The number of carbonyl (C=O) groups is 2. The lowest BCUT2D eigenvalue weighted by molar-refractivity contribution is -0.119. The Morgan fingerprint density at radius 3 is 2.59 bits per heavy atom. The van der Waals surface area contributed by atoms with E-state index in [4.69, 9.17) is 27.9 Å². The van der Waals surface area contributed by atoms with Gasteiger partial charge in [-0.15, -0.1) is 0 Å². The van der Waals surface area contributed by atoms with E-state index in [1.54, 1.807) is 24.3 Å². The van der Waals surface area contributed by atoms with Crippen LogP contribution in [0, 0.1) is 0 Å². The minimum atomic E-state index is -0.852. The van der Waals surface area contributed by atoms with E-state index in [-0.39, 0.29) is 16.3 Å². The molecule has 0 unspecified atom stereocenters. The molecule has 0 radical (unpaired) electrons. The molecule has 0 aromatic heterocycles. The number of halogens is 2. The van der Waals surface area contributed by atoms with E-state index in [1.165, 1.54) is 18.2 Å². The third-order valence-corrected chi connectivity index (χ3v) is 3.23. The van der Waals surface area contributed by atoms with Crippen LogP contribution in [0.1, 0.15) is 10.4 Å². The molecule has 7 heteroatoms. The Morgan fingerprint density at radius 1 is 1.14 bits per heavy atom. The molecule has 0 spiro atoms. The lowest BCUT2D eigenvalue weighted by Gasteiger charge is -2.08. The van der Waals surface area contributed by atoms with Crippen molar-refractivity contribution in [1.82, 2.24) is 0 Å². The van der Waals surface area contributed by atoms with Crippen molar-refractivity contribution >= 4 is 40.8 Å². The van der Waals surface area contributed by atoms with Gasteiger partial charge in [-0.25, -0.2) is 4.79 Å². The monoisotopic (exact) mass is 339 g/mol. The van der Waals surface area contributed by atoms with Crippen LogP contribution in [0.3, 0.4) is 0 Å². The van der Waals surface area contributed by atoms with Crippen molar-refractivity contribution in [3.8, 4) is 5.75 Å². The van der Waals surface area contributed by atoms with Crippen LogP contribution in [0.4, 0.5) is 5.69 Å². The highest BCUT2D eigenvalue weighted by Crippen LogP contribution is 2.22. The number of phenols is 1. The average Bonchev–Trinajstić information content (AvgIpc) is 2.49. The number of para-hydroxylation sites is 1. The number of rotatable bonds is 4. The first-order chi connectivity index (χ1) is 10.5. The molecule has 0 saturated carbocycles. The van der Waals surface area contributed by atoms with Crippen LogP contribution in [0.25, 0.3) is 0 Å². The molecule has 2 aromatic carbocycles. The molecule has 1 amide bonds. The summed E-state index contributed by atoms with van der Waals surface area (Å²) < 4.78 is 4.83. The number of esters is 1. The Labute approximate surface area is 136 Å². The zero-order valence-electron chi connectivity index (χ0n) is 11.2. The summed E-state index contributed by atoms with van der Waals surface area (Å²) in [4.78, 5) is 23.5. The van der Waals surface area contributed by atoms with Gasteiger partial charge in [0, 0.05) is 5.02 Å². The van der Waals surface area contributed by atoms with E-state index in [2.05, 4.69) is 5.32 Å². The smallest absolute Gasteiger partial charge is 0.342 e. The Hall–Kier alpha value is -2.24. The van der Waals surface area contributed by atoms with Gasteiger partial charge >= 0.3 is 5.97 Å². The van der Waals surface area contributed by atoms with Crippen molar-refractivity contribution in [2.45, 2.75) is 0 Å². The van der Waals surface area contributed by atoms with Crippen LogP contribution >= 0.6 is 23.2 Å². The molecular formula is C15H11Cl2NO4. The summed E-state index contributed by atoms with van der Waals surface area (Å²) in [7, 11) is 0. The number of ether oxygens (including phenoxy) is 1. The first-order valence-corrected chi connectivity index (χ1v) is 6.93. The molecule has 0 heterocycles. The molecule has 2 aromatic rings. The van der Waals surface area contributed by atoms with Crippen molar-refractivity contribution in [1.29, 1.82) is 0 Å². The van der Waals surface area contributed by atoms with Gasteiger partial charge in [0.05, 0.1) is 10.7 Å². The van der Waals surface area contributed by atoms with E-state index in [0.717, 1.165) is 0 Å². The van der Waals surface area contributed by atoms with Crippen LogP contribution in [0.15, 0.2) is 42.5 Å². The number of benzene rings is 2. The summed E-state index contributed by atoms with van der Waals surface area (Å²) in [5.41, 5.74) is 0.300. The quantitative estimate of drug-likeness (QED) is 0.836. The summed E-state index contributed by atoms with van der Waals surface area (Å²) in [6.07, 6.45) is 0. The van der Waals surface area contributed by atoms with Crippen molar-refractivity contribution in [2.24, 2.45) is 0 Å². The largest absolute Gasteiger partial charge is 0.507 e. The molecule has 0 aliphatic heterocycles. The Balaban J connectivity index is 1.95. The highest BCUT2D eigenvalue weighted by atomic mass is 35.5. The fourth-order valence-electron chi connectivity index (χ4n) is 1.63. The van der Waals surface area contributed by atoms with Gasteiger partial charge in [-0.2, -0.15) is 0 Å². The van der Waals surface area contributed by atoms with Gasteiger partial charge in [-0.1, -0.05) is 35.3 Å². The second-order valence-corrected chi connectivity index (χ2v) is 5.11. The number of aromatic hydroxyl groups is 1. The fourth-order valence-corrected chi connectivity index (χ4v) is 1.98. The third kappa shape index (κ3) is 4.13. The number of hydrogen-bond donors (Lipinski definition) is 2. The molecule has 0 saturated heterocycles. The van der Waals surface area contributed by atoms with E-state index >= 15 is 0 Å². The van der Waals surface area contributed by atoms with Crippen molar-refractivity contribution < 1.29 is 19.4 Å². The zero-order valence-corrected chi connectivity index (χ0v) is 12.7. The highest BCUT2D eigenvalue weighted by Gasteiger charge is 2.15. The SMILES string of the molecule is O=C(COC(=O)c1cc(Cl)ccc1O)Nc1ccccc1Cl. The minimum absolute atomic E-state index is 0.113. The Bertz CT molecular complexity index is 718. The summed E-state index contributed by atoms with van der Waals surface area (Å²) in [5.74, 6) is -1.68. The molecule has 2 N–H and O–H groups in total. The summed E-state index contributed by atoms with van der Waals surface area (Å²) >= 11 is 11.6. The van der Waals surface area contributed by atoms with Crippen LogP contribution in [0.2, 0.25) is 10.0 Å². The van der Waals surface area contributed by atoms with Crippen LogP contribution in [0.5, 0.6) is 5.75 Å². The van der Waals surface area contributed by atoms with Gasteiger partial charge in [0.15, 0.2) is 6.61 Å². The van der Waals surface area contributed by atoms with E-state index in [9.17, 15) is 14.7 Å². The maximum Gasteiger partial charge on any atom is 0.342 e. The molecule has 2 rings (SSSR count). The summed E-state index contributed by atoms with van der Waals surface area (Å²) in [6, 6.07) is 10.6. The molecule has 0 bridgehead atoms. The topological polar surface area (TPSA) is 75.6 Å². The number of phenolic OH excluding ortho intramolecular Hbond substituents is 1. The van der Waals surface area contributed by atoms with Crippen molar-refractivity contribution in [3.05, 3.63) is 58.1 Å². The summed E-state index contributed by atoms with van der Waals surface area (Å²) in [6.45, 7) is -0.518. The summed E-state index contributed by atoms with van der Waals surface area (Å²) in [5, 5.41) is 12.7. The second kappa shape index (κ2) is 7.15. The molecular weight excluding hydrogens is 329 g/mol. The number of nitrogens with one attached hydrogen (secondary N) is 1. The maximum atomic E-state index is 11.8. The number of carbonyl (C=O) groups excluding carboxylic acids is 2. The van der Waals surface area contributed by atoms with Crippen LogP contribution < -0.4 is 5.32 Å². The predicted molar refractivity (Wildman–Crippen MR) is 83.5 cm³/mol. The standard InChI is InChI=1S/C15H11Cl2NO4/c16-9-5-6-13(19)10(7-9)15(21)22-8-14(20)18-12-4-2-1-3-11(12)17/h1-7,19H,8H2,(H,18,20). The van der Waals surface area contributed by atoms with Crippen molar-refractivity contribution in [3.63, 3.8) is 0 Å². The van der Waals surface area contributed by atoms with Gasteiger partial charge in [0.2, 0.25) is 0 Å². The van der Waals surface area contributed by atoms with E-state index in [1.807, 2.05) is 0 Å². The Kier molecular flexibility index (Phi) is 5.25. The first-order valence-electron chi connectivity index (χ1n) is 6.17. The second-order valence-electron chi connectivity index (χ2n) is 4.27. The van der Waals surface area contributed by atoms with Crippen LogP contribution in [-0.2, 0) is 9.53 Å². The zero-order chi connectivity index (χ0) is 16.1. The minimum Gasteiger partial charge on any atom is -0.507 e. The molecule has 0 atom stereocenters. The lowest BCUT2D eigenvalue weighted by Crippen LogP contribution is -2.21. The number of hydrogen-bond acceptors (Lipinski definition) is 4. The van der Waals surface area contributed by atoms with E-state index in [0.29, 0.717) is 10.7 Å². The molecule has 0 aliphatic rings. The normalized spacial score (nSPS) is 10.1. The van der Waals surface area contributed by atoms with Gasteiger partial charge in [0.25, 0.3) is 5.91 Å². The molecule has 22 heavy (non-hydrogen) atoms. The van der Waals surface area contributed by atoms with E-state index < -0.39 is 18.5 Å². The lowest BCUT2D eigenvalue weighted by atomic mass is 10.2. The van der Waals surface area contributed by atoms with Gasteiger partial charge in [0.1, 0.15) is 11.3 Å². The highest BCUT2D eigenvalue weighted by molar-refractivity contribution is 6.33. The number of anilines is 1.